The molecule has 2 heterocycles. The lowest BCUT2D eigenvalue weighted by Crippen LogP contribution is -2.43. The molecular formula is C16H27N3O2. The van der Waals surface area contributed by atoms with Crippen LogP contribution in [-0.4, -0.2) is 28.7 Å². The lowest BCUT2D eigenvalue weighted by molar-refractivity contribution is 0.178. The molecule has 118 valence electrons. The van der Waals surface area contributed by atoms with Gasteiger partial charge in [-0.25, -0.2) is 4.79 Å². The van der Waals surface area contributed by atoms with Crippen molar-refractivity contribution >= 4 is 11.7 Å². The highest BCUT2D eigenvalue weighted by molar-refractivity contribution is 5.90. The molecule has 1 fully saturated rings. The van der Waals surface area contributed by atoms with Gasteiger partial charge in [-0.2, -0.15) is 0 Å². The highest BCUT2D eigenvalue weighted by Crippen LogP contribution is 2.25. The second kappa shape index (κ2) is 6.96. The number of carbonyl (C=O) groups excluding carboxylic acids is 1. The fraction of sp³-hybridized carbons (Fsp3) is 0.750. The molecular weight excluding hydrogens is 266 g/mol. The predicted octanol–water partition coefficient (Wildman–Crippen LogP) is 4.11. The fourth-order valence-corrected chi connectivity index (χ4v) is 3.07. The van der Waals surface area contributed by atoms with Crippen molar-refractivity contribution in [2.24, 2.45) is 5.92 Å². The van der Waals surface area contributed by atoms with Gasteiger partial charge >= 0.3 is 6.03 Å². The summed E-state index contributed by atoms with van der Waals surface area (Å²) in [6, 6.07) is 0.324. The van der Waals surface area contributed by atoms with Crippen molar-refractivity contribution in [3.05, 3.63) is 11.5 Å². The van der Waals surface area contributed by atoms with Gasteiger partial charge in [0, 0.05) is 12.6 Å². The molecule has 1 aliphatic heterocycles. The van der Waals surface area contributed by atoms with Crippen LogP contribution in [-0.2, 0) is 0 Å². The number of nitrogens with zero attached hydrogens (tertiary/aromatic N) is 2. The maximum atomic E-state index is 12.7. The number of anilines is 1. The maximum Gasteiger partial charge on any atom is 0.322 e. The highest BCUT2D eigenvalue weighted by atomic mass is 16.5. The molecule has 0 aliphatic carbocycles. The van der Waals surface area contributed by atoms with Crippen LogP contribution in [0.1, 0.15) is 57.4 Å². The minimum absolute atomic E-state index is 0.0167. The molecule has 1 aromatic rings. The van der Waals surface area contributed by atoms with Crippen molar-refractivity contribution in [1.82, 2.24) is 10.1 Å². The number of aryl methyl sites for hydroxylation is 2. The number of hydrogen-bond acceptors (Lipinski definition) is 3. The number of aromatic nitrogens is 1. The van der Waals surface area contributed by atoms with E-state index in [2.05, 4.69) is 24.3 Å². The van der Waals surface area contributed by atoms with Gasteiger partial charge in [0.1, 0.15) is 11.4 Å². The van der Waals surface area contributed by atoms with Gasteiger partial charge in [0.15, 0.2) is 5.76 Å². The van der Waals surface area contributed by atoms with Crippen molar-refractivity contribution < 1.29 is 9.32 Å². The first-order valence-electron chi connectivity index (χ1n) is 7.99. The van der Waals surface area contributed by atoms with Crippen LogP contribution in [0.3, 0.4) is 0 Å². The molecule has 1 aromatic heterocycles. The van der Waals surface area contributed by atoms with Crippen molar-refractivity contribution in [2.45, 2.75) is 65.8 Å². The lowest BCUT2D eigenvalue weighted by Gasteiger charge is -2.31. The summed E-state index contributed by atoms with van der Waals surface area (Å²) in [6.07, 6.45) is 5.68. The molecule has 0 spiro atoms. The molecule has 1 saturated heterocycles. The smallest absolute Gasteiger partial charge is 0.322 e. The van der Waals surface area contributed by atoms with E-state index in [-0.39, 0.29) is 6.03 Å². The molecule has 1 atom stereocenters. The van der Waals surface area contributed by atoms with Gasteiger partial charge in [0.25, 0.3) is 0 Å². The summed E-state index contributed by atoms with van der Waals surface area (Å²) in [4.78, 5) is 14.7. The van der Waals surface area contributed by atoms with E-state index in [0.717, 1.165) is 31.5 Å². The van der Waals surface area contributed by atoms with E-state index in [0.29, 0.717) is 23.4 Å². The summed E-state index contributed by atoms with van der Waals surface area (Å²) in [6.45, 7) is 8.95. The Bertz CT molecular complexity index is 462. The van der Waals surface area contributed by atoms with Crippen LogP contribution in [0.2, 0.25) is 0 Å². The Kier molecular flexibility index (Phi) is 5.26. The van der Waals surface area contributed by atoms with Gasteiger partial charge in [-0.15, -0.1) is 0 Å². The standard InChI is InChI=1S/C16H27N3O2/c1-11(2)10-14-8-6-5-7-9-19(14)16(20)17-15-12(3)18-21-13(15)4/h11,14H,5-10H2,1-4H3,(H,17,20)/t14-/m0/s1. The molecule has 0 saturated carbocycles. The first-order valence-corrected chi connectivity index (χ1v) is 7.99. The van der Waals surface area contributed by atoms with Gasteiger partial charge in [-0.1, -0.05) is 31.8 Å². The molecule has 0 unspecified atom stereocenters. The Morgan fingerprint density at radius 3 is 2.76 bits per heavy atom. The second-order valence-electron chi connectivity index (χ2n) is 6.46. The zero-order chi connectivity index (χ0) is 15.4. The van der Waals surface area contributed by atoms with Gasteiger partial charge in [-0.3, -0.25) is 0 Å². The molecule has 1 aliphatic rings. The van der Waals surface area contributed by atoms with Crippen LogP contribution in [0.15, 0.2) is 4.52 Å². The third-order valence-electron chi connectivity index (χ3n) is 4.15. The van der Waals surface area contributed by atoms with Crippen LogP contribution >= 0.6 is 0 Å². The molecule has 1 N–H and O–H groups in total. The van der Waals surface area contributed by atoms with E-state index in [1.165, 1.54) is 12.8 Å². The number of nitrogens with one attached hydrogen (secondary N) is 1. The Labute approximate surface area is 127 Å². The Morgan fingerprint density at radius 2 is 2.14 bits per heavy atom. The number of urea groups is 1. The average Bonchev–Trinajstić information content (AvgIpc) is 2.65. The molecule has 21 heavy (non-hydrogen) atoms. The van der Waals surface area contributed by atoms with E-state index >= 15 is 0 Å². The van der Waals surface area contributed by atoms with E-state index in [1.807, 2.05) is 18.7 Å². The monoisotopic (exact) mass is 293 g/mol. The Hall–Kier alpha value is -1.52. The van der Waals surface area contributed by atoms with Crippen molar-refractivity contribution in [2.75, 3.05) is 11.9 Å². The van der Waals surface area contributed by atoms with E-state index in [4.69, 9.17) is 4.52 Å². The summed E-state index contributed by atoms with van der Waals surface area (Å²) in [5, 5.41) is 6.88. The molecule has 2 rings (SSSR count). The quantitative estimate of drug-likeness (QED) is 0.912. The molecule has 5 nitrogen and oxygen atoms in total. The van der Waals surface area contributed by atoms with Crippen LogP contribution in [0.25, 0.3) is 0 Å². The van der Waals surface area contributed by atoms with Crippen molar-refractivity contribution in [3.63, 3.8) is 0 Å². The summed E-state index contributed by atoms with van der Waals surface area (Å²) >= 11 is 0. The van der Waals surface area contributed by atoms with E-state index < -0.39 is 0 Å². The molecule has 0 radical (unpaired) electrons. The largest absolute Gasteiger partial charge is 0.359 e. The van der Waals surface area contributed by atoms with Crippen LogP contribution in [0.5, 0.6) is 0 Å². The van der Waals surface area contributed by atoms with Gasteiger partial charge in [0.2, 0.25) is 0 Å². The first-order chi connectivity index (χ1) is 9.99. The van der Waals surface area contributed by atoms with Crippen LogP contribution < -0.4 is 5.32 Å². The summed E-state index contributed by atoms with van der Waals surface area (Å²) in [5.41, 5.74) is 1.45. The summed E-state index contributed by atoms with van der Waals surface area (Å²) < 4.78 is 5.12. The van der Waals surface area contributed by atoms with Crippen LogP contribution in [0, 0.1) is 19.8 Å². The number of amides is 2. The third kappa shape index (κ3) is 3.99. The van der Waals surface area contributed by atoms with Crippen molar-refractivity contribution in [1.29, 1.82) is 0 Å². The molecule has 0 bridgehead atoms. The number of hydrogen-bond donors (Lipinski definition) is 1. The highest BCUT2D eigenvalue weighted by Gasteiger charge is 2.27. The van der Waals surface area contributed by atoms with E-state index in [1.54, 1.807) is 0 Å². The predicted molar refractivity (Wildman–Crippen MR) is 83.4 cm³/mol. The van der Waals surface area contributed by atoms with Crippen LogP contribution in [0.4, 0.5) is 10.5 Å². The SMILES string of the molecule is Cc1noc(C)c1NC(=O)N1CCCCC[C@H]1CC(C)C. The molecule has 2 amide bonds. The molecule has 5 heteroatoms. The minimum atomic E-state index is -0.0167. The zero-order valence-corrected chi connectivity index (χ0v) is 13.6. The topological polar surface area (TPSA) is 58.4 Å². The Balaban J connectivity index is 2.10. The van der Waals surface area contributed by atoms with Gasteiger partial charge in [-0.05, 0) is 39.0 Å². The number of likely N-dealkylation sites (tertiary alicyclic amines) is 1. The van der Waals surface area contributed by atoms with Gasteiger partial charge < -0.3 is 14.7 Å². The Morgan fingerprint density at radius 1 is 1.38 bits per heavy atom. The molecule has 0 aromatic carbocycles. The van der Waals surface area contributed by atoms with E-state index in [9.17, 15) is 4.79 Å². The minimum Gasteiger partial charge on any atom is -0.359 e. The second-order valence-corrected chi connectivity index (χ2v) is 6.46. The third-order valence-corrected chi connectivity index (χ3v) is 4.15. The number of carbonyl (C=O) groups is 1. The average molecular weight is 293 g/mol. The normalized spacial score (nSPS) is 19.7. The maximum absolute atomic E-state index is 12.7. The first kappa shape index (κ1) is 15.9. The van der Waals surface area contributed by atoms with Crippen molar-refractivity contribution in [3.8, 4) is 0 Å². The van der Waals surface area contributed by atoms with Gasteiger partial charge in [0.05, 0.1) is 0 Å². The summed E-state index contributed by atoms with van der Waals surface area (Å²) in [5.74, 6) is 1.26. The lowest BCUT2D eigenvalue weighted by atomic mass is 9.99. The number of rotatable bonds is 3. The fourth-order valence-electron chi connectivity index (χ4n) is 3.07. The zero-order valence-electron chi connectivity index (χ0n) is 13.6. The summed E-state index contributed by atoms with van der Waals surface area (Å²) in [7, 11) is 0.